The van der Waals surface area contributed by atoms with Crippen molar-refractivity contribution in [2.45, 2.75) is 64.8 Å². The van der Waals surface area contributed by atoms with Gasteiger partial charge in [0.15, 0.2) is 0 Å². The van der Waals surface area contributed by atoms with Crippen molar-refractivity contribution in [1.82, 2.24) is 4.90 Å². The average molecular weight is 328 g/mol. The number of hydrogen-bond acceptors (Lipinski definition) is 3. The van der Waals surface area contributed by atoms with Gasteiger partial charge in [-0.3, -0.25) is 4.90 Å². The molecule has 0 aromatic heterocycles. The molecule has 3 unspecified atom stereocenters. The lowest BCUT2D eigenvalue weighted by atomic mass is 9.97. The quantitative estimate of drug-likeness (QED) is 0.867. The highest BCUT2D eigenvalue weighted by molar-refractivity contribution is 5.85. The van der Waals surface area contributed by atoms with Crippen LogP contribution < -0.4 is 0 Å². The zero-order chi connectivity index (χ0) is 15.2. The zero-order valence-electron chi connectivity index (χ0n) is 14.0. The van der Waals surface area contributed by atoms with E-state index in [0.717, 1.165) is 12.1 Å². The number of benzene rings is 1. The highest BCUT2D eigenvalue weighted by Crippen LogP contribution is 2.22. The maximum absolute atomic E-state index is 10.2. The Morgan fingerprint density at radius 3 is 2.36 bits per heavy atom. The number of ether oxygens (including phenoxy) is 1. The van der Waals surface area contributed by atoms with E-state index in [4.69, 9.17) is 4.74 Å². The van der Waals surface area contributed by atoms with Crippen LogP contribution in [0.4, 0.5) is 0 Å². The van der Waals surface area contributed by atoms with Crippen LogP contribution in [-0.4, -0.2) is 41.3 Å². The maximum Gasteiger partial charge on any atom is 0.0900 e. The standard InChI is InChI=1S/C18H29NO2.ClH/c1-14-7-9-17(10-8-14)12-21-13-18(20)11-19-15(2)5-4-6-16(19)3;/h7-10,15-16,18,20H,4-6,11-13H2,1-3H3;1H. The van der Waals surface area contributed by atoms with Crippen molar-refractivity contribution in [3.63, 3.8) is 0 Å². The van der Waals surface area contributed by atoms with Crippen molar-refractivity contribution in [3.8, 4) is 0 Å². The van der Waals surface area contributed by atoms with Gasteiger partial charge >= 0.3 is 0 Å². The molecule has 3 nitrogen and oxygen atoms in total. The van der Waals surface area contributed by atoms with Crippen LogP contribution in [-0.2, 0) is 11.3 Å². The van der Waals surface area contributed by atoms with Crippen LogP contribution in [0.5, 0.6) is 0 Å². The van der Waals surface area contributed by atoms with Crippen LogP contribution >= 0.6 is 12.4 Å². The van der Waals surface area contributed by atoms with E-state index in [-0.39, 0.29) is 12.4 Å². The third kappa shape index (κ3) is 5.88. The van der Waals surface area contributed by atoms with Crippen LogP contribution in [0.15, 0.2) is 24.3 Å². The van der Waals surface area contributed by atoms with E-state index >= 15 is 0 Å². The fourth-order valence-electron chi connectivity index (χ4n) is 3.13. The van der Waals surface area contributed by atoms with Crippen molar-refractivity contribution in [2.24, 2.45) is 0 Å². The Bertz CT molecular complexity index is 414. The summed E-state index contributed by atoms with van der Waals surface area (Å²) in [7, 11) is 0. The van der Waals surface area contributed by atoms with Gasteiger partial charge in [0.05, 0.1) is 19.3 Å². The van der Waals surface area contributed by atoms with Crippen LogP contribution in [0, 0.1) is 6.92 Å². The van der Waals surface area contributed by atoms with Gasteiger partial charge in [0.25, 0.3) is 0 Å². The summed E-state index contributed by atoms with van der Waals surface area (Å²) in [6, 6.07) is 9.48. The number of rotatable bonds is 6. The Balaban J connectivity index is 0.00000242. The summed E-state index contributed by atoms with van der Waals surface area (Å²) in [6.07, 6.45) is 3.37. The molecule has 3 atom stereocenters. The average Bonchev–Trinajstić information content (AvgIpc) is 2.45. The number of nitrogens with zero attached hydrogens (tertiary/aromatic N) is 1. The summed E-state index contributed by atoms with van der Waals surface area (Å²) < 4.78 is 5.66. The molecule has 22 heavy (non-hydrogen) atoms. The molecule has 1 heterocycles. The van der Waals surface area contributed by atoms with E-state index in [1.165, 1.54) is 24.8 Å². The first kappa shape index (κ1) is 19.4. The molecule has 1 aliphatic rings. The molecule has 0 spiro atoms. The van der Waals surface area contributed by atoms with E-state index < -0.39 is 6.10 Å². The lowest BCUT2D eigenvalue weighted by molar-refractivity contribution is -0.0135. The molecule has 1 N–H and O–H groups in total. The van der Waals surface area contributed by atoms with Crippen LogP contribution in [0.25, 0.3) is 0 Å². The van der Waals surface area contributed by atoms with E-state index in [0.29, 0.717) is 25.3 Å². The minimum absolute atomic E-state index is 0. The molecule has 1 aromatic rings. The molecule has 0 amide bonds. The van der Waals surface area contributed by atoms with Crippen molar-refractivity contribution >= 4 is 12.4 Å². The molecule has 1 fully saturated rings. The van der Waals surface area contributed by atoms with Gasteiger partial charge in [-0.15, -0.1) is 12.4 Å². The third-order valence-corrected chi connectivity index (χ3v) is 4.50. The van der Waals surface area contributed by atoms with Crippen molar-refractivity contribution in [2.75, 3.05) is 13.2 Å². The van der Waals surface area contributed by atoms with Gasteiger partial charge in [-0.1, -0.05) is 36.2 Å². The fourth-order valence-corrected chi connectivity index (χ4v) is 3.13. The molecule has 0 saturated carbocycles. The minimum Gasteiger partial charge on any atom is -0.389 e. The van der Waals surface area contributed by atoms with Gasteiger partial charge in [0.1, 0.15) is 0 Å². The van der Waals surface area contributed by atoms with E-state index in [1.54, 1.807) is 0 Å². The summed E-state index contributed by atoms with van der Waals surface area (Å²) >= 11 is 0. The fraction of sp³-hybridized carbons (Fsp3) is 0.667. The first-order chi connectivity index (χ1) is 10.1. The lowest BCUT2D eigenvalue weighted by Crippen LogP contribution is -2.48. The van der Waals surface area contributed by atoms with Crippen molar-refractivity contribution in [1.29, 1.82) is 0 Å². The van der Waals surface area contributed by atoms with Gasteiger partial charge in [-0.25, -0.2) is 0 Å². The highest BCUT2D eigenvalue weighted by Gasteiger charge is 2.26. The Labute approximate surface area is 141 Å². The molecule has 126 valence electrons. The minimum atomic E-state index is -0.404. The predicted molar refractivity (Wildman–Crippen MR) is 93.6 cm³/mol. The van der Waals surface area contributed by atoms with Crippen molar-refractivity contribution in [3.05, 3.63) is 35.4 Å². The van der Waals surface area contributed by atoms with E-state index in [2.05, 4.69) is 49.9 Å². The predicted octanol–water partition coefficient (Wildman–Crippen LogP) is 3.56. The molecule has 2 rings (SSSR count). The molecular formula is C18H30ClNO2. The Morgan fingerprint density at radius 2 is 1.77 bits per heavy atom. The summed E-state index contributed by atoms with van der Waals surface area (Å²) in [6.45, 7) is 8.29. The van der Waals surface area contributed by atoms with Gasteiger partial charge in [0, 0.05) is 18.6 Å². The molecule has 0 radical (unpaired) electrons. The number of β-amino-alcohol motifs (C(OH)–C–C–N with tert-alkyl or cyclic N) is 1. The smallest absolute Gasteiger partial charge is 0.0900 e. The van der Waals surface area contributed by atoms with Gasteiger partial charge < -0.3 is 9.84 Å². The van der Waals surface area contributed by atoms with Crippen LogP contribution in [0.1, 0.15) is 44.2 Å². The number of halogens is 1. The molecule has 1 saturated heterocycles. The van der Waals surface area contributed by atoms with Gasteiger partial charge in [-0.2, -0.15) is 0 Å². The second-order valence-electron chi connectivity index (χ2n) is 6.48. The van der Waals surface area contributed by atoms with Gasteiger partial charge in [-0.05, 0) is 39.2 Å². The first-order valence-corrected chi connectivity index (χ1v) is 8.13. The number of aliphatic hydroxyl groups excluding tert-OH is 1. The second-order valence-corrected chi connectivity index (χ2v) is 6.48. The normalized spacial score (nSPS) is 23.8. The molecule has 1 aromatic carbocycles. The number of hydrogen-bond donors (Lipinski definition) is 1. The van der Waals surface area contributed by atoms with E-state index in [1.807, 2.05) is 0 Å². The Morgan fingerprint density at radius 1 is 1.18 bits per heavy atom. The number of aryl methyl sites for hydroxylation is 1. The molecule has 4 heteroatoms. The second kappa shape index (κ2) is 9.51. The molecule has 0 aliphatic carbocycles. The summed E-state index contributed by atoms with van der Waals surface area (Å²) in [5.41, 5.74) is 2.42. The molecule has 0 bridgehead atoms. The largest absolute Gasteiger partial charge is 0.389 e. The summed E-state index contributed by atoms with van der Waals surface area (Å²) in [5, 5.41) is 10.2. The zero-order valence-corrected chi connectivity index (χ0v) is 14.8. The third-order valence-electron chi connectivity index (χ3n) is 4.50. The Kier molecular flexibility index (Phi) is 8.40. The Hall–Kier alpha value is -0.610. The number of aliphatic hydroxyl groups is 1. The van der Waals surface area contributed by atoms with Crippen molar-refractivity contribution < 1.29 is 9.84 Å². The van der Waals surface area contributed by atoms with Crippen LogP contribution in [0.3, 0.4) is 0 Å². The van der Waals surface area contributed by atoms with E-state index in [9.17, 15) is 5.11 Å². The topological polar surface area (TPSA) is 32.7 Å². The van der Waals surface area contributed by atoms with Crippen LogP contribution in [0.2, 0.25) is 0 Å². The highest BCUT2D eigenvalue weighted by atomic mass is 35.5. The summed E-state index contributed by atoms with van der Waals surface area (Å²) in [4.78, 5) is 2.42. The molecule has 1 aliphatic heterocycles. The lowest BCUT2D eigenvalue weighted by Gasteiger charge is -2.40. The molecular weight excluding hydrogens is 298 g/mol. The van der Waals surface area contributed by atoms with Gasteiger partial charge in [0.2, 0.25) is 0 Å². The monoisotopic (exact) mass is 327 g/mol. The number of likely N-dealkylation sites (tertiary alicyclic amines) is 1. The first-order valence-electron chi connectivity index (χ1n) is 8.13. The maximum atomic E-state index is 10.2. The summed E-state index contributed by atoms with van der Waals surface area (Å²) in [5.74, 6) is 0. The SMILES string of the molecule is Cc1ccc(COCC(O)CN2C(C)CCCC2C)cc1.Cl. The number of piperidine rings is 1.